The summed E-state index contributed by atoms with van der Waals surface area (Å²) in [6.07, 6.45) is 0.894. The lowest BCUT2D eigenvalue weighted by Gasteiger charge is -2.23. The summed E-state index contributed by atoms with van der Waals surface area (Å²) in [5, 5.41) is 0. The predicted octanol–water partition coefficient (Wildman–Crippen LogP) is 3.14. The highest BCUT2D eigenvalue weighted by atomic mass is 16.5. The van der Waals surface area contributed by atoms with E-state index in [2.05, 4.69) is 24.3 Å². The molecule has 2 heteroatoms. The topological polar surface area (TPSA) is 35.2 Å². The Kier molecular flexibility index (Phi) is 2.57. The SMILES string of the molecule is N[C@@H]1CCOc2ccc(-c3ccccc3)cc21. The zero-order chi connectivity index (χ0) is 11.7. The van der Waals surface area contributed by atoms with Crippen molar-refractivity contribution < 1.29 is 4.74 Å². The molecule has 1 heterocycles. The van der Waals surface area contributed by atoms with E-state index in [1.54, 1.807) is 0 Å². The monoisotopic (exact) mass is 225 g/mol. The first-order chi connectivity index (χ1) is 8.34. The molecule has 17 heavy (non-hydrogen) atoms. The highest BCUT2D eigenvalue weighted by molar-refractivity contribution is 5.66. The van der Waals surface area contributed by atoms with Crippen molar-refractivity contribution in [2.75, 3.05) is 6.61 Å². The van der Waals surface area contributed by atoms with Crippen molar-refractivity contribution in [2.45, 2.75) is 12.5 Å². The number of fused-ring (bicyclic) bond motifs is 1. The van der Waals surface area contributed by atoms with E-state index in [-0.39, 0.29) is 6.04 Å². The normalized spacial score (nSPS) is 18.3. The minimum Gasteiger partial charge on any atom is -0.493 e. The molecule has 0 saturated heterocycles. The second kappa shape index (κ2) is 4.22. The predicted molar refractivity (Wildman–Crippen MR) is 68.9 cm³/mol. The molecule has 1 aliphatic rings. The van der Waals surface area contributed by atoms with Crippen LogP contribution in [0.15, 0.2) is 48.5 Å². The minimum atomic E-state index is 0.0995. The Hall–Kier alpha value is -1.80. The Bertz CT molecular complexity index is 522. The van der Waals surface area contributed by atoms with E-state index in [1.165, 1.54) is 11.1 Å². The summed E-state index contributed by atoms with van der Waals surface area (Å²) >= 11 is 0. The Morgan fingerprint density at radius 3 is 2.65 bits per heavy atom. The fraction of sp³-hybridized carbons (Fsp3) is 0.200. The molecule has 2 aromatic rings. The fourth-order valence-electron chi connectivity index (χ4n) is 2.23. The molecule has 0 aliphatic carbocycles. The smallest absolute Gasteiger partial charge is 0.124 e. The van der Waals surface area contributed by atoms with Gasteiger partial charge in [-0.15, -0.1) is 0 Å². The van der Waals surface area contributed by atoms with Crippen molar-refractivity contribution >= 4 is 0 Å². The molecule has 86 valence electrons. The molecule has 2 aromatic carbocycles. The average molecular weight is 225 g/mol. The molecular weight excluding hydrogens is 210 g/mol. The summed E-state index contributed by atoms with van der Waals surface area (Å²) in [6.45, 7) is 0.721. The molecule has 1 atom stereocenters. The van der Waals surface area contributed by atoms with Crippen LogP contribution in [0.1, 0.15) is 18.0 Å². The Balaban J connectivity index is 2.06. The molecule has 3 rings (SSSR count). The molecule has 1 aliphatic heterocycles. The first kappa shape index (κ1) is 10.4. The van der Waals surface area contributed by atoms with Gasteiger partial charge < -0.3 is 10.5 Å². The van der Waals surface area contributed by atoms with E-state index in [4.69, 9.17) is 10.5 Å². The number of hydrogen-bond acceptors (Lipinski definition) is 2. The Labute approximate surface area is 101 Å². The van der Waals surface area contributed by atoms with Gasteiger partial charge in [-0.2, -0.15) is 0 Å². The van der Waals surface area contributed by atoms with Gasteiger partial charge in [-0.3, -0.25) is 0 Å². The van der Waals surface area contributed by atoms with Gasteiger partial charge in [0.05, 0.1) is 6.61 Å². The van der Waals surface area contributed by atoms with Gasteiger partial charge in [0.1, 0.15) is 5.75 Å². The maximum absolute atomic E-state index is 6.11. The molecule has 0 radical (unpaired) electrons. The molecule has 0 amide bonds. The van der Waals surface area contributed by atoms with Gasteiger partial charge in [0.2, 0.25) is 0 Å². The Morgan fingerprint density at radius 1 is 1.00 bits per heavy atom. The third-order valence-corrected chi connectivity index (χ3v) is 3.20. The molecular formula is C15H15NO. The third-order valence-electron chi connectivity index (χ3n) is 3.20. The van der Waals surface area contributed by atoms with Crippen molar-refractivity contribution in [1.29, 1.82) is 0 Å². The number of ether oxygens (including phenoxy) is 1. The first-order valence-electron chi connectivity index (χ1n) is 5.92. The van der Waals surface area contributed by atoms with E-state index in [0.29, 0.717) is 0 Å². The van der Waals surface area contributed by atoms with Crippen LogP contribution in [0.2, 0.25) is 0 Å². The molecule has 0 unspecified atom stereocenters. The summed E-state index contributed by atoms with van der Waals surface area (Å²) in [6, 6.07) is 16.7. The lowest BCUT2D eigenvalue weighted by molar-refractivity contribution is 0.269. The first-order valence-corrected chi connectivity index (χ1v) is 5.92. The largest absolute Gasteiger partial charge is 0.493 e. The van der Waals surface area contributed by atoms with Crippen LogP contribution in [0.4, 0.5) is 0 Å². The standard InChI is InChI=1S/C15H15NO/c16-14-8-9-17-15-7-6-12(10-13(14)15)11-4-2-1-3-5-11/h1-7,10,14H,8-9,16H2/t14-/m1/s1. The summed E-state index contributed by atoms with van der Waals surface area (Å²) in [4.78, 5) is 0. The lowest BCUT2D eigenvalue weighted by atomic mass is 9.96. The van der Waals surface area contributed by atoms with E-state index in [0.717, 1.165) is 24.3 Å². The van der Waals surface area contributed by atoms with Gasteiger partial charge in [0.15, 0.2) is 0 Å². The number of benzene rings is 2. The van der Waals surface area contributed by atoms with Crippen LogP contribution < -0.4 is 10.5 Å². The summed E-state index contributed by atoms with van der Waals surface area (Å²) in [7, 11) is 0. The molecule has 0 spiro atoms. The third kappa shape index (κ3) is 1.92. The molecule has 2 N–H and O–H groups in total. The second-order valence-corrected chi connectivity index (χ2v) is 4.36. The van der Waals surface area contributed by atoms with Crippen LogP contribution >= 0.6 is 0 Å². The summed E-state index contributed by atoms with van der Waals surface area (Å²) in [5.41, 5.74) is 9.65. The van der Waals surface area contributed by atoms with Gasteiger partial charge >= 0.3 is 0 Å². The van der Waals surface area contributed by atoms with Crippen molar-refractivity contribution in [3.63, 3.8) is 0 Å². The van der Waals surface area contributed by atoms with Crippen molar-refractivity contribution in [3.05, 3.63) is 54.1 Å². The molecule has 0 aromatic heterocycles. The van der Waals surface area contributed by atoms with Crippen molar-refractivity contribution in [2.24, 2.45) is 5.73 Å². The maximum Gasteiger partial charge on any atom is 0.124 e. The van der Waals surface area contributed by atoms with Crippen LogP contribution in [0, 0.1) is 0 Å². The highest BCUT2D eigenvalue weighted by Crippen LogP contribution is 2.34. The summed E-state index contributed by atoms with van der Waals surface area (Å²) in [5.74, 6) is 0.934. The minimum absolute atomic E-state index is 0.0995. The highest BCUT2D eigenvalue weighted by Gasteiger charge is 2.18. The molecule has 0 fully saturated rings. The Morgan fingerprint density at radius 2 is 1.82 bits per heavy atom. The van der Waals surface area contributed by atoms with Gasteiger partial charge in [-0.25, -0.2) is 0 Å². The van der Waals surface area contributed by atoms with E-state index < -0.39 is 0 Å². The second-order valence-electron chi connectivity index (χ2n) is 4.36. The average Bonchev–Trinajstić information content (AvgIpc) is 2.40. The zero-order valence-electron chi connectivity index (χ0n) is 9.60. The quantitative estimate of drug-likeness (QED) is 0.809. The van der Waals surface area contributed by atoms with Crippen LogP contribution in [0.5, 0.6) is 5.75 Å². The fourth-order valence-corrected chi connectivity index (χ4v) is 2.23. The van der Waals surface area contributed by atoms with Gasteiger partial charge in [-0.05, 0) is 23.3 Å². The van der Waals surface area contributed by atoms with Crippen LogP contribution in [-0.4, -0.2) is 6.61 Å². The molecule has 0 bridgehead atoms. The zero-order valence-corrected chi connectivity index (χ0v) is 9.60. The maximum atomic E-state index is 6.11. The van der Waals surface area contributed by atoms with Gasteiger partial charge in [0, 0.05) is 18.0 Å². The van der Waals surface area contributed by atoms with E-state index in [9.17, 15) is 0 Å². The van der Waals surface area contributed by atoms with Gasteiger partial charge in [0.25, 0.3) is 0 Å². The number of rotatable bonds is 1. The van der Waals surface area contributed by atoms with Gasteiger partial charge in [-0.1, -0.05) is 36.4 Å². The van der Waals surface area contributed by atoms with E-state index in [1.807, 2.05) is 24.3 Å². The van der Waals surface area contributed by atoms with Crippen molar-refractivity contribution in [1.82, 2.24) is 0 Å². The van der Waals surface area contributed by atoms with Crippen LogP contribution in [0.3, 0.4) is 0 Å². The van der Waals surface area contributed by atoms with Crippen LogP contribution in [0.25, 0.3) is 11.1 Å². The number of nitrogens with two attached hydrogens (primary N) is 1. The molecule has 0 saturated carbocycles. The van der Waals surface area contributed by atoms with E-state index >= 15 is 0 Å². The molecule has 2 nitrogen and oxygen atoms in total. The van der Waals surface area contributed by atoms with Crippen molar-refractivity contribution in [3.8, 4) is 16.9 Å². The lowest BCUT2D eigenvalue weighted by Crippen LogP contribution is -2.20. The van der Waals surface area contributed by atoms with Crippen LogP contribution in [-0.2, 0) is 0 Å². The number of hydrogen-bond donors (Lipinski definition) is 1. The summed E-state index contributed by atoms with van der Waals surface area (Å²) < 4.78 is 5.60.